The van der Waals surface area contributed by atoms with Crippen molar-refractivity contribution >= 4 is 0 Å². The molecule has 2 unspecified atom stereocenters. The number of hydrogen-bond donors (Lipinski definition) is 1. The number of allylic oxidation sites excluding steroid dienone is 1. The smallest absolute Gasteiger partial charge is 0.109 e. The minimum atomic E-state index is -0.931. The van der Waals surface area contributed by atoms with E-state index in [1.165, 1.54) is 29.5 Å². The van der Waals surface area contributed by atoms with Crippen LogP contribution < -0.4 is 0 Å². The highest BCUT2D eigenvalue weighted by Crippen LogP contribution is 2.42. The van der Waals surface area contributed by atoms with E-state index in [0.717, 1.165) is 42.4 Å². The summed E-state index contributed by atoms with van der Waals surface area (Å²) in [6, 6.07) is 27.6. The standard InChI is InChI=1S/C30H34O/c1-3-23-15-16-24(4-2)22-30(31,20-19-23)29-18-17-27(25-11-7-5-8-12-25)21-28(29)26-13-9-6-10-14-26/h5-14,17-18,21-23,31H,3-4,15-16,19-20H2,1-2H3/b24-22+. The zero-order valence-corrected chi connectivity index (χ0v) is 18.9. The average molecular weight is 411 g/mol. The Labute approximate surface area is 187 Å². The third kappa shape index (κ3) is 4.83. The van der Waals surface area contributed by atoms with Crippen LogP contribution in [0.4, 0.5) is 0 Å². The van der Waals surface area contributed by atoms with E-state index in [2.05, 4.69) is 98.8 Å². The van der Waals surface area contributed by atoms with Gasteiger partial charge in [-0.2, -0.15) is 0 Å². The fourth-order valence-electron chi connectivity index (χ4n) is 4.93. The molecule has 2 atom stereocenters. The molecule has 0 radical (unpaired) electrons. The van der Waals surface area contributed by atoms with Crippen molar-refractivity contribution in [3.05, 3.63) is 96.1 Å². The molecule has 4 rings (SSSR count). The Bertz CT molecular complexity index is 1020. The van der Waals surface area contributed by atoms with Crippen LogP contribution in [-0.4, -0.2) is 5.11 Å². The van der Waals surface area contributed by atoms with Gasteiger partial charge in [0.1, 0.15) is 5.60 Å². The number of benzene rings is 3. The zero-order chi connectivity index (χ0) is 21.7. The molecule has 1 nitrogen and oxygen atoms in total. The lowest BCUT2D eigenvalue weighted by Crippen LogP contribution is -2.27. The first-order valence-corrected chi connectivity index (χ1v) is 11.8. The molecule has 0 heterocycles. The van der Waals surface area contributed by atoms with Crippen LogP contribution in [0.5, 0.6) is 0 Å². The minimum absolute atomic E-state index is 0.686. The SMILES string of the molecule is CC/C1=C\C(O)(c2ccc(-c3ccccc3)cc2-c2ccccc2)CCC(CC)CC1. The molecule has 0 aromatic heterocycles. The Kier molecular flexibility index (Phi) is 6.73. The molecule has 0 spiro atoms. The topological polar surface area (TPSA) is 20.2 Å². The molecule has 0 amide bonds. The van der Waals surface area contributed by atoms with Crippen LogP contribution in [-0.2, 0) is 5.60 Å². The minimum Gasteiger partial charge on any atom is -0.381 e. The molecule has 0 aliphatic heterocycles. The van der Waals surface area contributed by atoms with Gasteiger partial charge < -0.3 is 5.11 Å². The first-order chi connectivity index (χ1) is 15.1. The van der Waals surface area contributed by atoms with Crippen LogP contribution in [0, 0.1) is 5.92 Å². The molecular formula is C30H34O. The van der Waals surface area contributed by atoms with Gasteiger partial charge in [-0.1, -0.05) is 98.6 Å². The third-order valence-corrected chi connectivity index (χ3v) is 6.96. The Balaban J connectivity index is 1.87. The van der Waals surface area contributed by atoms with Crippen molar-refractivity contribution in [1.29, 1.82) is 0 Å². The van der Waals surface area contributed by atoms with E-state index in [9.17, 15) is 5.11 Å². The number of hydrogen-bond acceptors (Lipinski definition) is 1. The molecule has 0 fully saturated rings. The number of rotatable bonds is 5. The van der Waals surface area contributed by atoms with Crippen LogP contribution in [0.3, 0.4) is 0 Å². The summed E-state index contributed by atoms with van der Waals surface area (Å²) < 4.78 is 0. The molecule has 1 heteroatoms. The molecule has 0 bridgehead atoms. The summed E-state index contributed by atoms with van der Waals surface area (Å²) >= 11 is 0. The Morgan fingerprint density at radius 1 is 0.806 bits per heavy atom. The van der Waals surface area contributed by atoms with Gasteiger partial charge in [0.05, 0.1) is 0 Å². The lowest BCUT2D eigenvalue weighted by Gasteiger charge is -2.33. The van der Waals surface area contributed by atoms with Crippen molar-refractivity contribution in [3.63, 3.8) is 0 Å². The van der Waals surface area contributed by atoms with Crippen LogP contribution in [0.25, 0.3) is 22.3 Å². The molecule has 31 heavy (non-hydrogen) atoms. The second-order valence-corrected chi connectivity index (χ2v) is 8.92. The van der Waals surface area contributed by atoms with Gasteiger partial charge in [-0.15, -0.1) is 0 Å². The molecule has 3 aromatic carbocycles. The number of aliphatic hydroxyl groups is 1. The summed E-state index contributed by atoms with van der Waals surface area (Å²) in [5.74, 6) is 0.686. The van der Waals surface area contributed by atoms with E-state index in [0.29, 0.717) is 5.92 Å². The molecule has 1 N–H and O–H groups in total. The van der Waals surface area contributed by atoms with Gasteiger partial charge in [-0.25, -0.2) is 0 Å². The van der Waals surface area contributed by atoms with Gasteiger partial charge in [0.15, 0.2) is 0 Å². The highest BCUT2D eigenvalue weighted by Gasteiger charge is 2.32. The largest absolute Gasteiger partial charge is 0.381 e. The summed E-state index contributed by atoms with van der Waals surface area (Å²) in [4.78, 5) is 0. The molecule has 3 aromatic rings. The second-order valence-electron chi connectivity index (χ2n) is 8.92. The molecule has 160 valence electrons. The Morgan fingerprint density at radius 2 is 1.48 bits per heavy atom. The summed E-state index contributed by atoms with van der Waals surface area (Å²) in [7, 11) is 0. The van der Waals surface area contributed by atoms with Gasteiger partial charge in [0.25, 0.3) is 0 Å². The van der Waals surface area contributed by atoms with Gasteiger partial charge in [0.2, 0.25) is 0 Å². The third-order valence-electron chi connectivity index (χ3n) is 6.96. The van der Waals surface area contributed by atoms with Crippen LogP contribution >= 0.6 is 0 Å². The van der Waals surface area contributed by atoms with Crippen molar-refractivity contribution in [3.8, 4) is 22.3 Å². The quantitative estimate of drug-likeness (QED) is 0.421. The van der Waals surface area contributed by atoms with Crippen molar-refractivity contribution in [2.75, 3.05) is 0 Å². The summed E-state index contributed by atoms with van der Waals surface area (Å²) in [6.07, 6.45) is 8.55. The molecule has 0 saturated heterocycles. The van der Waals surface area contributed by atoms with Crippen molar-refractivity contribution < 1.29 is 5.11 Å². The zero-order valence-electron chi connectivity index (χ0n) is 18.9. The monoisotopic (exact) mass is 410 g/mol. The maximum absolute atomic E-state index is 12.1. The first kappa shape index (κ1) is 21.6. The van der Waals surface area contributed by atoms with E-state index in [1.54, 1.807) is 0 Å². The summed E-state index contributed by atoms with van der Waals surface area (Å²) in [5.41, 5.74) is 6.15. The van der Waals surface area contributed by atoms with Crippen LogP contribution in [0.1, 0.15) is 57.9 Å². The Morgan fingerprint density at radius 3 is 2.13 bits per heavy atom. The van der Waals surface area contributed by atoms with E-state index in [-0.39, 0.29) is 0 Å². The maximum Gasteiger partial charge on any atom is 0.109 e. The van der Waals surface area contributed by atoms with Crippen LogP contribution in [0.2, 0.25) is 0 Å². The first-order valence-electron chi connectivity index (χ1n) is 11.8. The molecule has 1 aliphatic rings. The van der Waals surface area contributed by atoms with Crippen LogP contribution in [0.15, 0.2) is 90.5 Å². The van der Waals surface area contributed by atoms with Gasteiger partial charge >= 0.3 is 0 Å². The maximum atomic E-state index is 12.1. The van der Waals surface area contributed by atoms with E-state index in [1.807, 2.05) is 0 Å². The van der Waals surface area contributed by atoms with Crippen molar-refractivity contribution in [1.82, 2.24) is 0 Å². The summed E-state index contributed by atoms with van der Waals surface area (Å²) in [5, 5.41) is 12.1. The van der Waals surface area contributed by atoms with E-state index in [4.69, 9.17) is 0 Å². The highest BCUT2D eigenvalue weighted by molar-refractivity contribution is 5.76. The normalized spacial score (nSPS) is 23.5. The predicted octanol–water partition coefficient (Wildman–Crippen LogP) is 8.14. The lowest BCUT2D eigenvalue weighted by atomic mass is 9.76. The molecule has 1 aliphatic carbocycles. The van der Waals surface area contributed by atoms with E-state index < -0.39 is 5.60 Å². The van der Waals surface area contributed by atoms with Gasteiger partial charge in [0, 0.05) is 0 Å². The summed E-state index contributed by atoms with van der Waals surface area (Å²) in [6.45, 7) is 4.50. The Hall–Kier alpha value is -2.64. The second kappa shape index (κ2) is 9.66. The van der Waals surface area contributed by atoms with Crippen molar-refractivity contribution in [2.45, 2.75) is 58.0 Å². The predicted molar refractivity (Wildman–Crippen MR) is 132 cm³/mol. The lowest BCUT2D eigenvalue weighted by molar-refractivity contribution is 0.0676. The average Bonchev–Trinajstić information content (AvgIpc) is 2.82. The van der Waals surface area contributed by atoms with Gasteiger partial charge in [-0.05, 0) is 78.0 Å². The molecular weight excluding hydrogens is 376 g/mol. The van der Waals surface area contributed by atoms with Gasteiger partial charge in [-0.3, -0.25) is 0 Å². The fraction of sp³-hybridized carbons (Fsp3) is 0.333. The fourth-order valence-corrected chi connectivity index (χ4v) is 4.93. The van der Waals surface area contributed by atoms with Crippen molar-refractivity contribution in [2.24, 2.45) is 5.92 Å². The molecule has 0 saturated carbocycles. The van der Waals surface area contributed by atoms with E-state index >= 15 is 0 Å². The highest BCUT2D eigenvalue weighted by atomic mass is 16.3.